The molecule has 2 aromatic heterocycles. The van der Waals surface area contributed by atoms with Crippen LogP contribution in [0, 0.1) is 0 Å². The van der Waals surface area contributed by atoms with E-state index < -0.39 is 11.7 Å². The fourth-order valence-corrected chi connectivity index (χ4v) is 6.06. The quantitative estimate of drug-likeness (QED) is 0.439. The van der Waals surface area contributed by atoms with Gasteiger partial charge < -0.3 is 9.64 Å². The highest BCUT2D eigenvalue weighted by atomic mass is 19.4. The number of aromatic nitrogens is 5. The molecule has 1 aromatic carbocycles. The fourth-order valence-electron chi connectivity index (χ4n) is 6.06. The number of benzene rings is 1. The highest BCUT2D eigenvalue weighted by Gasteiger charge is 2.37. The van der Waals surface area contributed by atoms with E-state index in [2.05, 4.69) is 45.9 Å². The molecule has 0 spiro atoms. The summed E-state index contributed by atoms with van der Waals surface area (Å²) >= 11 is 0. The third kappa shape index (κ3) is 5.28. The molecule has 12 heteroatoms. The molecule has 2 saturated heterocycles. The zero-order chi connectivity index (χ0) is 27.9. The summed E-state index contributed by atoms with van der Waals surface area (Å²) in [4.78, 5) is 21.9. The zero-order valence-electron chi connectivity index (χ0n) is 22.9. The van der Waals surface area contributed by atoms with E-state index in [4.69, 9.17) is 4.74 Å². The molecule has 0 bridgehead atoms. The first kappa shape index (κ1) is 27.6. The van der Waals surface area contributed by atoms with Gasteiger partial charge in [0.2, 0.25) is 0 Å². The van der Waals surface area contributed by atoms with Gasteiger partial charge in [0.05, 0.1) is 18.2 Å². The number of nitrogens with zero attached hydrogens (tertiary/aromatic N) is 7. The van der Waals surface area contributed by atoms with Crippen molar-refractivity contribution in [3.8, 4) is 0 Å². The van der Waals surface area contributed by atoms with E-state index in [0.717, 1.165) is 37.9 Å². The van der Waals surface area contributed by atoms with Crippen molar-refractivity contribution in [1.82, 2.24) is 29.4 Å². The maximum atomic E-state index is 13.1. The molecule has 0 amide bonds. The molecule has 9 nitrogen and oxygen atoms in total. The normalized spacial score (nSPS) is 23.6. The van der Waals surface area contributed by atoms with Gasteiger partial charge in [0, 0.05) is 44.9 Å². The van der Waals surface area contributed by atoms with E-state index in [1.165, 1.54) is 16.7 Å². The lowest BCUT2D eigenvalue weighted by molar-refractivity contribution is -0.137. The number of fused-ring (bicyclic) bond motifs is 1. The maximum absolute atomic E-state index is 13.1. The summed E-state index contributed by atoms with van der Waals surface area (Å²) in [5.74, 6) is 0.528. The van der Waals surface area contributed by atoms with E-state index in [1.807, 2.05) is 0 Å². The molecule has 0 aliphatic carbocycles. The monoisotopic (exact) mass is 547 g/mol. The lowest BCUT2D eigenvalue weighted by Crippen LogP contribution is -2.58. The van der Waals surface area contributed by atoms with Gasteiger partial charge in [-0.3, -0.25) is 9.47 Å². The van der Waals surface area contributed by atoms with Crippen LogP contribution in [0.15, 0.2) is 29.1 Å². The molecular weight excluding hydrogens is 511 g/mol. The van der Waals surface area contributed by atoms with Gasteiger partial charge in [-0.25, -0.2) is 9.48 Å². The number of hydrogen-bond acceptors (Lipinski definition) is 7. The second-order valence-corrected chi connectivity index (χ2v) is 10.7. The van der Waals surface area contributed by atoms with Gasteiger partial charge in [-0.15, -0.1) is 5.10 Å². The van der Waals surface area contributed by atoms with Crippen molar-refractivity contribution >= 4 is 17.0 Å². The van der Waals surface area contributed by atoms with Crippen LogP contribution in [0.1, 0.15) is 63.6 Å². The van der Waals surface area contributed by atoms with Crippen LogP contribution in [0.3, 0.4) is 0 Å². The summed E-state index contributed by atoms with van der Waals surface area (Å²) in [5, 5.41) is 8.83. The van der Waals surface area contributed by atoms with Gasteiger partial charge in [-0.2, -0.15) is 18.2 Å². The fraction of sp³-hybridized carbons (Fsp3) is 0.630. The van der Waals surface area contributed by atoms with E-state index >= 15 is 0 Å². The lowest BCUT2D eigenvalue weighted by atomic mass is 9.95. The van der Waals surface area contributed by atoms with Crippen LogP contribution in [0.5, 0.6) is 0 Å². The molecule has 0 radical (unpaired) electrons. The second-order valence-electron chi connectivity index (χ2n) is 10.7. The topological polar surface area (TPSA) is 81.3 Å². The van der Waals surface area contributed by atoms with Crippen molar-refractivity contribution in [2.75, 3.05) is 24.6 Å². The predicted molar refractivity (Wildman–Crippen MR) is 142 cm³/mol. The Morgan fingerprint density at radius 2 is 1.90 bits per heavy atom. The molecule has 4 atom stereocenters. The van der Waals surface area contributed by atoms with E-state index in [0.29, 0.717) is 36.6 Å². The Bertz CT molecular complexity index is 1350. The van der Waals surface area contributed by atoms with Crippen molar-refractivity contribution in [1.29, 1.82) is 0 Å². The van der Waals surface area contributed by atoms with Crippen molar-refractivity contribution in [3.63, 3.8) is 0 Å². The largest absolute Gasteiger partial charge is 0.416 e. The van der Waals surface area contributed by atoms with Crippen LogP contribution in [0.2, 0.25) is 0 Å². The Kier molecular flexibility index (Phi) is 7.69. The number of hydrogen-bond donors (Lipinski definition) is 0. The summed E-state index contributed by atoms with van der Waals surface area (Å²) < 4.78 is 48.4. The number of ether oxygens (including phenoxy) is 1. The first-order chi connectivity index (χ1) is 18.6. The molecule has 2 aliphatic rings. The lowest BCUT2D eigenvalue weighted by Gasteiger charge is -2.48. The Balaban J connectivity index is 1.44. The van der Waals surface area contributed by atoms with Crippen molar-refractivity contribution in [3.05, 3.63) is 45.9 Å². The van der Waals surface area contributed by atoms with Gasteiger partial charge in [-0.1, -0.05) is 31.2 Å². The first-order valence-electron chi connectivity index (χ1n) is 13.7. The number of aryl methyl sites for hydroxylation is 1. The Morgan fingerprint density at radius 3 is 2.51 bits per heavy atom. The summed E-state index contributed by atoms with van der Waals surface area (Å²) in [6.07, 6.45) is -0.759. The molecule has 212 valence electrons. The van der Waals surface area contributed by atoms with Gasteiger partial charge in [0.1, 0.15) is 0 Å². The molecular formula is C27H36F3N7O2. The van der Waals surface area contributed by atoms with Gasteiger partial charge in [-0.05, 0) is 50.3 Å². The maximum Gasteiger partial charge on any atom is 0.416 e. The Morgan fingerprint density at radius 1 is 1.15 bits per heavy atom. The second kappa shape index (κ2) is 10.9. The summed E-state index contributed by atoms with van der Waals surface area (Å²) in [6.45, 7) is 8.79. The SMILES string of the molecule is CC[C@@H]1CN(c2nc(=O)n(C)c3c2nnn3C[C@H]2CCCO2)[C@@H](C)CN1[C@H](CC)c1ccc(C(F)(F)F)cc1. The minimum absolute atomic E-state index is 0.0116. The third-order valence-corrected chi connectivity index (χ3v) is 8.16. The van der Waals surface area contributed by atoms with E-state index in [-0.39, 0.29) is 29.9 Å². The van der Waals surface area contributed by atoms with E-state index in [1.54, 1.807) is 23.9 Å². The summed E-state index contributed by atoms with van der Waals surface area (Å²) in [5.41, 5.74) is 1.07. The number of alkyl halides is 3. The van der Waals surface area contributed by atoms with Crippen LogP contribution in [-0.4, -0.2) is 67.3 Å². The van der Waals surface area contributed by atoms with Gasteiger partial charge in [0.15, 0.2) is 17.0 Å². The number of halogens is 3. The molecule has 39 heavy (non-hydrogen) atoms. The number of rotatable bonds is 7. The van der Waals surface area contributed by atoms with Crippen molar-refractivity contribution in [2.45, 2.75) is 83.4 Å². The molecule has 3 aromatic rings. The average Bonchev–Trinajstić information content (AvgIpc) is 3.58. The van der Waals surface area contributed by atoms with Crippen LogP contribution in [0.25, 0.3) is 11.2 Å². The zero-order valence-corrected chi connectivity index (χ0v) is 22.9. The minimum Gasteiger partial charge on any atom is -0.376 e. The Labute approximate surface area is 225 Å². The predicted octanol–water partition coefficient (Wildman–Crippen LogP) is 4.16. The molecule has 2 fully saturated rings. The first-order valence-corrected chi connectivity index (χ1v) is 13.7. The smallest absolute Gasteiger partial charge is 0.376 e. The highest BCUT2D eigenvalue weighted by molar-refractivity contribution is 5.83. The van der Waals surface area contributed by atoms with Crippen molar-refractivity contribution < 1.29 is 17.9 Å². The van der Waals surface area contributed by atoms with E-state index in [9.17, 15) is 18.0 Å². The minimum atomic E-state index is -4.36. The molecule has 2 aliphatic heterocycles. The highest BCUT2D eigenvalue weighted by Crippen LogP contribution is 2.36. The Hall–Kier alpha value is -2.99. The standard InChI is InChI=1S/C27H36F3N7O2/c1-5-20-15-35(17(3)14-36(20)22(6-2)18-9-11-19(12-10-18)27(28,29)30)24-23-25(34(4)26(38)31-24)37(33-32-23)16-21-8-7-13-39-21/h9-12,17,20-22H,5-8,13-16H2,1-4H3/t17-,20+,21+,22+/m0/s1. The van der Waals surface area contributed by atoms with Crippen LogP contribution < -0.4 is 10.6 Å². The molecule has 0 unspecified atom stereocenters. The van der Waals surface area contributed by atoms with Crippen molar-refractivity contribution in [2.24, 2.45) is 7.05 Å². The molecule has 4 heterocycles. The number of anilines is 1. The number of piperazine rings is 1. The summed E-state index contributed by atoms with van der Waals surface area (Å²) in [6, 6.07) is 5.60. The van der Waals surface area contributed by atoms with Crippen LogP contribution >= 0.6 is 0 Å². The third-order valence-electron chi connectivity index (χ3n) is 8.16. The molecule has 0 N–H and O–H groups in total. The van der Waals surface area contributed by atoms with Crippen LogP contribution in [-0.2, 0) is 24.5 Å². The van der Waals surface area contributed by atoms with Crippen LogP contribution in [0.4, 0.5) is 19.0 Å². The average molecular weight is 548 g/mol. The van der Waals surface area contributed by atoms with Gasteiger partial charge in [0.25, 0.3) is 0 Å². The molecule has 5 rings (SSSR count). The molecule has 0 saturated carbocycles. The van der Waals surface area contributed by atoms with Gasteiger partial charge >= 0.3 is 11.9 Å². The summed E-state index contributed by atoms with van der Waals surface area (Å²) in [7, 11) is 1.68.